The lowest BCUT2D eigenvalue weighted by atomic mass is 10.2. The van der Waals surface area contributed by atoms with E-state index in [9.17, 15) is 9.59 Å². The van der Waals surface area contributed by atoms with Crippen molar-refractivity contribution in [3.63, 3.8) is 0 Å². The van der Waals surface area contributed by atoms with E-state index in [0.29, 0.717) is 5.69 Å². The molecule has 20 heavy (non-hydrogen) atoms. The number of nitrogens with zero attached hydrogens (tertiary/aromatic N) is 2. The van der Waals surface area contributed by atoms with Gasteiger partial charge in [-0.2, -0.15) is 0 Å². The summed E-state index contributed by atoms with van der Waals surface area (Å²) in [6, 6.07) is -1.57. The molecule has 2 heterocycles. The smallest absolute Gasteiger partial charge is 0.326 e. The summed E-state index contributed by atoms with van der Waals surface area (Å²) >= 11 is 1.42. The minimum absolute atomic E-state index is 0.138. The third-order valence-electron chi connectivity index (χ3n) is 2.50. The molecule has 0 aliphatic rings. The molecule has 4 N–H and O–H groups in total. The van der Waals surface area contributed by atoms with Crippen LogP contribution in [-0.2, 0) is 17.8 Å². The van der Waals surface area contributed by atoms with Crippen LogP contribution in [0.15, 0.2) is 23.4 Å². The van der Waals surface area contributed by atoms with Crippen molar-refractivity contribution in [3.8, 4) is 0 Å². The summed E-state index contributed by atoms with van der Waals surface area (Å²) in [5.41, 5.74) is 3.02. The Kier molecular flexibility index (Phi) is 4.66. The Labute approximate surface area is 118 Å². The number of carbonyl (C=O) groups is 2. The fourth-order valence-electron chi connectivity index (χ4n) is 1.52. The summed E-state index contributed by atoms with van der Waals surface area (Å²) in [5.74, 6) is -1.11. The van der Waals surface area contributed by atoms with Gasteiger partial charge in [0, 0.05) is 23.7 Å². The Hall–Kier alpha value is -2.42. The first-order chi connectivity index (χ1) is 9.65. The van der Waals surface area contributed by atoms with E-state index in [1.54, 1.807) is 10.9 Å². The number of aliphatic carboxylic acids is 1. The molecule has 0 aliphatic carbocycles. The van der Waals surface area contributed by atoms with Crippen molar-refractivity contribution in [3.05, 3.63) is 34.8 Å². The standard InChI is InChI=1S/C11H13N5O3S/c17-10(18)9(1-7-2-12-5-14-7)16-11(19)13-3-8-4-20-6-15-8/h2,4-6,9H,1,3H2,(H,12,14)(H,17,18)(H2,13,16,19)/t9-/m0/s1. The molecule has 8 nitrogen and oxygen atoms in total. The lowest BCUT2D eigenvalue weighted by Gasteiger charge is -2.14. The number of rotatable bonds is 6. The molecular formula is C11H13N5O3S. The van der Waals surface area contributed by atoms with Gasteiger partial charge in [0.25, 0.3) is 0 Å². The maximum absolute atomic E-state index is 11.6. The summed E-state index contributed by atoms with van der Waals surface area (Å²) < 4.78 is 0. The predicted molar refractivity (Wildman–Crippen MR) is 71.2 cm³/mol. The van der Waals surface area contributed by atoms with Gasteiger partial charge in [-0.05, 0) is 0 Å². The lowest BCUT2D eigenvalue weighted by molar-refractivity contribution is -0.139. The van der Waals surface area contributed by atoms with E-state index in [4.69, 9.17) is 5.11 Å². The first-order valence-corrected chi connectivity index (χ1v) is 6.71. The third-order valence-corrected chi connectivity index (χ3v) is 3.13. The highest BCUT2D eigenvalue weighted by Crippen LogP contribution is 2.01. The third kappa shape index (κ3) is 4.05. The number of carboxylic acid groups (broad SMARTS) is 1. The molecule has 0 radical (unpaired) electrons. The van der Waals surface area contributed by atoms with Crippen LogP contribution < -0.4 is 10.6 Å². The van der Waals surface area contributed by atoms with Gasteiger partial charge in [-0.1, -0.05) is 0 Å². The van der Waals surface area contributed by atoms with E-state index >= 15 is 0 Å². The number of carboxylic acids is 1. The molecule has 2 aromatic rings. The van der Waals surface area contributed by atoms with Crippen LogP contribution in [0.25, 0.3) is 0 Å². The summed E-state index contributed by atoms with van der Waals surface area (Å²) in [5, 5.41) is 15.8. The van der Waals surface area contributed by atoms with Crippen molar-refractivity contribution in [1.29, 1.82) is 0 Å². The SMILES string of the molecule is O=C(NCc1cscn1)N[C@@H](Cc1cnc[nH]1)C(=O)O. The molecule has 1 atom stereocenters. The minimum atomic E-state index is -1.11. The van der Waals surface area contributed by atoms with Crippen LogP contribution in [0, 0.1) is 0 Å². The van der Waals surface area contributed by atoms with Gasteiger partial charge >= 0.3 is 12.0 Å². The highest BCUT2D eigenvalue weighted by molar-refractivity contribution is 7.07. The fourth-order valence-corrected chi connectivity index (χ4v) is 2.08. The van der Waals surface area contributed by atoms with Crippen LogP contribution in [0.4, 0.5) is 4.79 Å². The summed E-state index contributed by atoms with van der Waals surface area (Å²) in [6.07, 6.45) is 3.11. The number of hydrogen-bond acceptors (Lipinski definition) is 5. The molecule has 9 heteroatoms. The van der Waals surface area contributed by atoms with Crippen LogP contribution in [0.2, 0.25) is 0 Å². The molecule has 0 unspecified atom stereocenters. The van der Waals surface area contributed by atoms with Gasteiger partial charge in [0.15, 0.2) is 0 Å². The predicted octanol–water partition coefficient (Wildman–Crippen LogP) is 0.361. The van der Waals surface area contributed by atoms with Crippen LogP contribution in [0.3, 0.4) is 0 Å². The first-order valence-electron chi connectivity index (χ1n) is 5.76. The highest BCUT2D eigenvalue weighted by Gasteiger charge is 2.20. The largest absolute Gasteiger partial charge is 0.480 e. The fraction of sp³-hybridized carbons (Fsp3) is 0.273. The second-order valence-electron chi connectivity index (χ2n) is 3.98. The van der Waals surface area contributed by atoms with E-state index < -0.39 is 18.0 Å². The van der Waals surface area contributed by atoms with Gasteiger partial charge in [-0.25, -0.2) is 19.6 Å². The maximum atomic E-state index is 11.6. The topological polar surface area (TPSA) is 120 Å². The number of urea groups is 1. The van der Waals surface area contributed by atoms with Crippen LogP contribution in [0.1, 0.15) is 11.4 Å². The van der Waals surface area contributed by atoms with Gasteiger partial charge in [0.1, 0.15) is 6.04 Å². The van der Waals surface area contributed by atoms with E-state index in [0.717, 1.165) is 5.69 Å². The van der Waals surface area contributed by atoms with Crippen molar-refractivity contribution in [2.24, 2.45) is 0 Å². The van der Waals surface area contributed by atoms with Gasteiger partial charge in [0.05, 0.1) is 24.1 Å². The molecule has 0 aromatic carbocycles. The number of thiazole rings is 1. The number of H-pyrrole nitrogens is 1. The Morgan fingerprint density at radius 2 is 2.35 bits per heavy atom. The van der Waals surface area contributed by atoms with Gasteiger partial charge in [-0.3, -0.25) is 0 Å². The molecule has 2 aromatic heterocycles. The zero-order chi connectivity index (χ0) is 14.4. The van der Waals surface area contributed by atoms with Gasteiger partial charge < -0.3 is 20.7 Å². The minimum Gasteiger partial charge on any atom is -0.480 e. The zero-order valence-corrected chi connectivity index (χ0v) is 11.2. The summed E-state index contributed by atoms with van der Waals surface area (Å²) in [6.45, 7) is 0.256. The molecule has 0 spiro atoms. The first kappa shape index (κ1) is 14.0. The number of aromatic nitrogens is 3. The van der Waals surface area contributed by atoms with Crippen molar-refractivity contribution >= 4 is 23.3 Å². The molecule has 106 valence electrons. The Morgan fingerprint density at radius 3 is 2.95 bits per heavy atom. The normalized spacial score (nSPS) is 11.8. The quantitative estimate of drug-likeness (QED) is 0.613. The molecule has 2 rings (SSSR count). The number of hydrogen-bond donors (Lipinski definition) is 4. The lowest BCUT2D eigenvalue weighted by Crippen LogP contribution is -2.47. The number of aromatic amines is 1. The molecule has 0 aliphatic heterocycles. The van der Waals surface area contributed by atoms with Crippen molar-refractivity contribution < 1.29 is 14.7 Å². The highest BCUT2D eigenvalue weighted by atomic mass is 32.1. The van der Waals surface area contributed by atoms with Crippen molar-refractivity contribution in [1.82, 2.24) is 25.6 Å². The van der Waals surface area contributed by atoms with E-state index in [-0.39, 0.29) is 13.0 Å². The number of nitrogens with one attached hydrogen (secondary N) is 3. The van der Waals surface area contributed by atoms with Crippen LogP contribution >= 0.6 is 11.3 Å². The average Bonchev–Trinajstić information content (AvgIpc) is 3.08. The summed E-state index contributed by atoms with van der Waals surface area (Å²) in [4.78, 5) is 33.4. The Bertz CT molecular complexity index is 555. The van der Waals surface area contributed by atoms with E-state index in [1.807, 2.05) is 0 Å². The number of carbonyl (C=O) groups excluding carboxylic acids is 1. The molecule has 0 fully saturated rings. The van der Waals surface area contributed by atoms with Crippen molar-refractivity contribution in [2.75, 3.05) is 0 Å². The second-order valence-corrected chi connectivity index (χ2v) is 4.70. The monoisotopic (exact) mass is 295 g/mol. The Balaban J connectivity index is 1.84. The second kappa shape index (κ2) is 6.66. The molecule has 0 saturated carbocycles. The van der Waals surface area contributed by atoms with Crippen molar-refractivity contribution in [2.45, 2.75) is 19.0 Å². The number of imidazole rings is 1. The van der Waals surface area contributed by atoms with E-state index in [1.165, 1.54) is 23.9 Å². The maximum Gasteiger partial charge on any atom is 0.326 e. The van der Waals surface area contributed by atoms with Crippen LogP contribution in [0.5, 0.6) is 0 Å². The Morgan fingerprint density at radius 1 is 1.50 bits per heavy atom. The molecule has 0 bridgehead atoms. The molecule has 2 amide bonds. The van der Waals surface area contributed by atoms with E-state index in [2.05, 4.69) is 25.6 Å². The van der Waals surface area contributed by atoms with Gasteiger partial charge in [0.2, 0.25) is 0 Å². The molecule has 0 saturated heterocycles. The van der Waals surface area contributed by atoms with Crippen LogP contribution in [-0.4, -0.2) is 38.1 Å². The zero-order valence-electron chi connectivity index (χ0n) is 10.4. The average molecular weight is 295 g/mol. The van der Waals surface area contributed by atoms with Gasteiger partial charge in [-0.15, -0.1) is 11.3 Å². The number of amides is 2. The summed E-state index contributed by atoms with van der Waals surface area (Å²) in [7, 11) is 0. The molecular weight excluding hydrogens is 282 g/mol.